The monoisotopic (exact) mass is 418 g/mol. The molecule has 0 aliphatic carbocycles. The summed E-state index contributed by atoms with van der Waals surface area (Å²) >= 11 is 0. The Morgan fingerprint density at radius 3 is 2.07 bits per heavy atom. The summed E-state index contributed by atoms with van der Waals surface area (Å²) in [5, 5.41) is 8.49. The van der Waals surface area contributed by atoms with Gasteiger partial charge in [0.25, 0.3) is 5.91 Å². The van der Waals surface area contributed by atoms with Crippen molar-refractivity contribution in [2.45, 2.75) is 58.5 Å². The van der Waals surface area contributed by atoms with Gasteiger partial charge in [0.05, 0.1) is 6.04 Å². The second-order valence-corrected chi connectivity index (χ2v) is 7.82. The van der Waals surface area contributed by atoms with Crippen molar-refractivity contribution in [2.24, 2.45) is 11.7 Å². The van der Waals surface area contributed by atoms with Crippen LogP contribution in [0.4, 0.5) is 0 Å². The molecule has 0 heterocycles. The molecule has 2 atom stereocenters. The maximum atomic E-state index is 12.4. The van der Waals surface area contributed by atoms with E-state index in [1.54, 1.807) is 31.3 Å². The van der Waals surface area contributed by atoms with Gasteiger partial charge in [0.15, 0.2) is 5.78 Å². The Labute approximate surface area is 178 Å². The number of hydrogen-bond acceptors (Lipinski definition) is 5. The number of benzene rings is 1. The number of unbranched alkanes of at least 4 members (excludes halogenated alkanes) is 1. The molecule has 0 aliphatic heterocycles. The predicted molar refractivity (Wildman–Crippen MR) is 116 cm³/mol. The summed E-state index contributed by atoms with van der Waals surface area (Å²) in [5.41, 5.74) is 6.47. The molecule has 0 saturated carbocycles. The van der Waals surface area contributed by atoms with E-state index in [4.69, 9.17) is 5.73 Å². The van der Waals surface area contributed by atoms with Crippen LogP contribution in [-0.2, 0) is 9.59 Å². The van der Waals surface area contributed by atoms with Gasteiger partial charge >= 0.3 is 0 Å². The van der Waals surface area contributed by atoms with Gasteiger partial charge in [-0.25, -0.2) is 0 Å². The van der Waals surface area contributed by atoms with Crippen molar-refractivity contribution in [3.63, 3.8) is 0 Å². The number of amides is 3. The highest BCUT2D eigenvalue weighted by Crippen LogP contribution is 2.08. The minimum absolute atomic E-state index is 0.0525. The molecule has 0 aliphatic rings. The van der Waals surface area contributed by atoms with E-state index in [9.17, 15) is 19.2 Å². The molecule has 5 N–H and O–H groups in total. The maximum Gasteiger partial charge on any atom is 0.251 e. The minimum atomic E-state index is -0.740. The lowest BCUT2D eigenvalue weighted by molar-refractivity contribution is -0.129. The number of nitrogens with two attached hydrogens (primary N) is 1. The Hall–Kier alpha value is -2.74. The summed E-state index contributed by atoms with van der Waals surface area (Å²) in [4.78, 5) is 47.5. The fraction of sp³-hybridized carbons (Fsp3) is 0.545. The van der Waals surface area contributed by atoms with E-state index in [0.29, 0.717) is 49.3 Å². The number of ketones is 1. The first kappa shape index (κ1) is 25.3. The number of primary amides is 1. The molecule has 0 saturated heterocycles. The smallest absolute Gasteiger partial charge is 0.251 e. The first-order chi connectivity index (χ1) is 14.1. The zero-order chi connectivity index (χ0) is 22.7. The standard InChI is InChI=1S/C22H34N4O4/c1-14(2)13-19(24-4)22(30)26-18(20(23)28)7-5-6-12-25-21(29)17-10-8-16(9-11-17)15(3)27/h8-11,14,18-19,24H,5-7,12-13H2,1-4H3,(H2,23,28)(H,25,29)(H,26,30)/t18-,19-/m0/s1. The Morgan fingerprint density at radius 2 is 1.57 bits per heavy atom. The minimum Gasteiger partial charge on any atom is -0.368 e. The normalized spacial score (nSPS) is 12.8. The molecular formula is C22H34N4O4. The molecule has 3 amide bonds. The summed E-state index contributed by atoms with van der Waals surface area (Å²) < 4.78 is 0. The fourth-order valence-corrected chi connectivity index (χ4v) is 3.02. The third kappa shape index (κ3) is 8.73. The summed E-state index contributed by atoms with van der Waals surface area (Å²) in [5.74, 6) is -0.754. The van der Waals surface area contributed by atoms with Crippen LogP contribution in [0.3, 0.4) is 0 Å². The molecule has 1 aromatic rings. The van der Waals surface area contributed by atoms with Gasteiger partial charge in [0.1, 0.15) is 6.04 Å². The highest BCUT2D eigenvalue weighted by atomic mass is 16.2. The van der Waals surface area contributed by atoms with Gasteiger partial charge in [-0.2, -0.15) is 0 Å². The van der Waals surface area contributed by atoms with Gasteiger partial charge in [-0.15, -0.1) is 0 Å². The van der Waals surface area contributed by atoms with Gasteiger partial charge in [0.2, 0.25) is 11.8 Å². The lowest BCUT2D eigenvalue weighted by Gasteiger charge is -2.21. The van der Waals surface area contributed by atoms with E-state index >= 15 is 0 Å². The highest BCUT2D eigenvalue weighted by molar-refractivity contribution is 5.97. The molecule has 0 spiro atoms. The molecule has 0 bridgehead atoms. The molecule has 30 heavy (non-hydrogen) atoms. The molecule has 8 nitrogen and oxygen atoms in total. The van der Waals surface area contributed by atoms with Gasteiger partial charge in [-0.3, -0.25) is 19.2 Å². The lowest BCUT2D eigenvalue weighted by atomic mass is 10.0. The predicted octanol–water partition coefficient (Wildman–Crippen LogP) is 1.39. The van der Waals surface area contributed by atoms with Crippen molar-refractivity contribution in [2.75, 3.05) is 13.6 Å². The second kappa shape index (κ2) is 12.7. The molecule has 8 heteroatoms. The van der Waals surface area contributed by atoms with Gasteiger partial charge in [-0.05, 0) is 57.7 Å². The molecule has 0 fully saturated rings. The van der Waals surface area contributed by atoms with E-state index in [0.717, 1.165) is 0 Å². The average Bonchev–Trinajstić information content (AvgIpc) is 2.70. The van der Waals surface area contributed by atoms with Crippen LogP contribution in [0, 0.1) is 5.92 Å². The molecule has 0 radical (unpaired) electrons. The number of Topliss-reactive ketones (excluding diaryl/α,β-unsaturated/α-hetero) is 1. The zero-order valence-corrected chi connectivity index (χ0v) is 18.3. The number of likely N-dealkylation sites (N-methyl/N-ethyl adjacent to an activating group) is 1. The van der Waals surface area contributed by atoms with Crippen molar-refractivity contribution >= 4 is 23.5 Å². The quantitative estimate of drug-likeness (QED) is 0.284. The molecular weight excluding hydrogens is 384 g/mol. The molecule has 166 valence electrons. The molecule has 0 unspecified atom stereocenters. The number of carbonyl (C=O) groups is 4. The van der Waals surface area contributed by atoms with Crippen molar-refractivity contribution < 1.29 is 19.2 Å². The van der Waals surface area contributed by atoms with E-state index < -0.39 is 11.9 Å². The van der Waals surface area contributed by atoms with Crippen LogP contribution in [-0.4, -0.2) is 49.2 Å². The topological polar surface area (TPSA) is 130 Å². The van der Waals surface area contributed by atoms with Crippen molar-refractivity contribution in [3.8, 4) is 0 Å². The largest absolute Gasteiger partial charge is 0.368 e. The molecule has 1 rings (SSSR count). The Bertz CT molecular complexity index is 731. The first-order valence-electron chi connectivity index (χ1n) is 10.3. The lowest BCUT2D eigenvalue weighted by Crippen LogP contribution is -2.51. The van der Waals surface area contributed by atoms with Crippen LogP contribution in [0.1, 0.15) is 67.2 Å². The highest BCUT2D eigenvalue weighted by Gasteiger charge is 2.23. The van der Waals surface area contributed by atoms with E-state index in [-0.39, 0.29) is 23.6 Å². The fourth-order valence-electron chi connectivity index (χ4n) is 3.02. The van der Waals surface area contributed by atoms with Crippen LogP contribution >= 0.6 is 0 Å². The van der Waals surface area contributed by atoms with Crippen LogP contribution in [0.5, 0.6) is 0 Å². The van der Waals surface area contributed by atoms with Crippen molar-refractivity contribution in [1.29, 1.82) is 0 Å². The Balaban J connectivity index is 2.42. The Morgan fingerprint density at radius 1 is 0.967 bits per heavy atom. The van der Waals surface area contributed by atoms with Crippen LogP contribution in [0.25, 0.3) is 0 Å². The SMILES string of the molecule is CN[C@@H](CC(C)C)C(=O)N[C@@H](CCCCNC(=O)c1ccc(C(C)=O)cc1)C(N)=O. The van der Waals surface area contributed by atoms with Crippen molar-refractivity contribution in [1.82, 2.24) is 16.0 Å². The Kier molecular flexibility index (Phi) is 10.7. The summed E-state index contributed by atoms with van der Waals surface area (Å²) in [6.07, 6.45) is 2.32. The van der Waals surface area contributed by atoms with E-state index in [1.807, 2.05) is 13.8 Å². The number of nitrogens with one attached hydrogen (secondary N) is 3. The molecule has 0 aromatic heterocycles. The average molecular weight is 419 g/mol. The van der Waals surface area contributed by atoms with E-state index in [1.165, 1.54) is 6.92 Å². The summed E-state index contributed by atoms with van der Waals surface area (Å²) in [6.45, 7) is 5.95. The van der Waals surface area contributed by atoms with Crippen LogP contribution in [0.15, 0.2) is 24.3 Å². The van der Waals surface area contributed by atoms with Gasteiger partial charge in [-0.1, -0.05) is 26.0 Å². The summed E-state index contributed by atoms with van der Waals surface area (Å²) in [7, 11) is 1.71. The van der Waals surface area contributed by atoms with Crippen LogP contribution < -0.4 is 21.7 Å². The second-order valence-electron chi connectivity index (χ2n) is 7.82. The first-order valence-corrected chi connectivity index (χ1v) is 10.3. The van der Waals surface area contributed by atoms with Crippen molar-refractivity contribution in [3.05, 3.63) is 35.4 Å². The van der Waals surface area contributed by atoms with E-state index in [2.05, 4.69) is 16.0 Å². The zero-order valence-electron chi connectivity index (χ0n) is 18.3. The maximum absolute atomic E-state index is 12.4. The summed E-state index contributed by atoms with van der Waals surface area (Å²) in [6, 6.07) is 5.35. The third-order valence-electron chi connectivity index (χ3n) is 4.79. The molecule has 1 aromatic carbocycles. The van der Waals surface area contributed by atoms with Gasteiger partial charge in [0, 0.05) is 17.7 Å². The number of carbonyl (C=O) groups excluding carboxylic acids is 4. The number of hydrogen-bond donors (Lipinski definition) is 4. The van der Waals surface area contributed by atoms with Gasteiger partial charge < -0.3 is 21.7 Å². The van der Waals surface area contributed by atoms with Crippen LogP contribution in [0.2, 0.25) is 0 Å². The number of rotatable bonds is 13. The third-order valence-corrected chi connectivity index (χ3v) is 4.79.